The molecule has 1 atom stereocenters. The molecule has 12 rings (SSSR count). The highest BCUT2D eigenvalue weighted by molar-refractivity contribution is 6.20. The molecule has 268 valence electrons. The van der Waals surface area contributed by atoms with Crippen LogP contribution in [0.1, 0.15) is 22.9 Å². The van der Waals surface area contributed by atoms with Crippen LogP contribution in [-0.4, -0.2) is 20.8 Å². The van der Waals surface area contributed by atoms with E-state index in [0.29, 0.717) is 5.84 Å². The van der Waals surface area contributed by atoms with E-state index in [1.165, 1.54) is 27.1 Å². The zero-order valence-electron chi connectivity index (χ0n) is 30.7. The first kappa shape index (κ1) is 31.6. The Bertz CT molecular complexity index is 3430. The predicted molar refractivity (Wildman–Crippen MR) is 234 cm³/mol. The van der Waals surface area contributed by atoms with Gasteiger partial charge in [0.25, 0.3) is 0 Å². The number of aliphatic imine (C=N–C) groups is 2. The van der Waals surface area contributed by atoms with Gasteiger partial charge in [-0.3, -0.25) is 0 Å². The number of amidine groups is 2. The van der Waals surface area contributed by atoms with Crippen molar-refractivity contribution >= 4 is 77.2 Å². The van der Waals surface area contributed by atoms with Crippen LogP contribution in [0.15, 0.2) is 202 Å². The number of hydrogen-bond donors (Lipinski definition) is 1. The van der Waals surface area contributed by atoms with Crippen LogP contribution in [0.2, 0.25) is 0 Å². The Hall–Kier alpha value is -7.70. The van der Waals surface area contributed by atoms with Crippen molar-refractivity contribution in [3.8, 4) is 11.4 Å². The van der Waals surface area contributed by atoms with Crippen molar-refractivity contribution in [3.05, 3.63) is 205 Å². The van der Waals surface area contributed by atoms with E-state index in [9.17, 15) is 0 Å². The lowest BCUT2D eigenvalue weighted by Crippen LogP contribution is -2.33. The van der Waals surface area contributed by atoms with Gasteiger partial charge in [-0.25, -0.2) is 9.98 Å². The fraction of sp³-hybridized carbons (Fsp3) is 0.0196. The molecule has 6 nitrogen and oxygen atoms in total. The number of nitrogens with one attached hydrogen (secondary N) is 1. The summed E-state index contributed by atoms with van der Waals surface area (Å²) in [5, 5.41) is 10.6. The molecule has 0 saturated heterocycles. The van der Waals surface area contributed by atoms with Gasteiger partial charge in [0.2, 0.25) is 0 Å². The van der Waals surface area contributed by atoms with E-state index in [1.54, 1.807) is 0 Å². The van der Waals surface area contributed by atoms with Gasteiger partial charge in [-0.2, -0.15) is 0 Å². The van der Waals surface area contributed by atoms with Crippen molar-refractivity contribution in [1.29, 1.82) is 0 Å². The molecule has 4 heterocycles. The van der Waals surface area contributed by atoms with Crippen LogP contribution >= 0.6 is 0 Å². The Labute approximate surface area is 327 Å². The second-order valence-electron chi connectivity index (χ2n) is 14.6. The van der Waals surface area contributed by atoms with Gasteiger partial charge in [0.15, 0.2) is 11.4 Å². The number of furan rings is 1. The van der Waals surface area contributed by atoms with Crippen molar-refractivity contribution in [3.63, 3.8) is 0 Å². The Kier molecular flexibility index (Phi) is 6.89. The summed E-state index contributed by atoms with van der Waals surface area (Å²) in [6.45, 7) is 0. The minimum atomic E-state index is -0.283. The summed E-state index contributed by atoms with van der Waals surface area (Å²) in [6, 6.07) is 66.1. The van der Waals surface area contributed by atoms with Crippen LogP contribution in [0.4, 0.5) is 0 Å². The SMILES string of the molecule is c1ccc(C2=NC(c3ccccc3)NC(c3ccc4c(c3)oc3c(-n5c6ccccc6c6cc7c8ccccc8n(-c8ccccc8)c7cc65)cccc34)=N2)cc1. The fourth-order valence-electron chi connectivity index (χ4n) is 8.77. The smallest absolute Gasteiger partial charge is 0.159 e. The molecule has 0 saturated carbocycles. The molecule has 57 heavy (non-hydrogen) atoms. The monoisotopic (exact) mass is 731 g/mol. The molecule has 0 amide bonds. The fourth-order valence-corrected chi connectivity index (χ4v) is 8.77. The van der Waals surface area contributed by atoms with Crippen LogP contribution in [-0.2, 0) is 0 Å². The lowest BCUT2D eigenvalue weighted by atomic mass is 10.1. The van der Waals surface area contributed by atoms with Crippen molar-refractivity contribution in [2.24, 2.45) is 9.98 Å². The zero-order chi connectivity index (χ0) is 37.5. The second kappa shape index (κ2) is 12.4. The summed E-state index contributed by atoms with van der Waals surface area (Å²) >= 11 is 0. The molecule has 0 bridgehead atoms. The van der Waals surface area contributed by atoms with E-state index in [1.807, 2.05) is 36.4 Å². The average Bonchev–Trinajstić information content (AvgIpc) is 3.93. The highest BCUT2D eigenvalue weighted by Crippen LogP contribution is 2.42. The number of fused-ring (bicyclic) bond motifs is 9. The zero-order valence-corrected chi connectivity index (χ0v) is 30.7. The first-order chi connectivity index (χ1) is 28.3. The topological polar surface area (TPSA) is 59.8 Å². The van der Waals surface area contributed by atoms with Crippen LogP contribution < -0.4 is 5.32 Å². The minimum Gasteiger partial charge on any atom is -0.454 e. The quantitative estimate of drug-likeness (QED) is 0.192. The number of rotatable bonds is 5. The van der Waals surface area contributed by atoms with Gasteiger partial charge in [-0.15, -0.1) is 0 Å². The summed E-state index contributed by atoms with van der Waals surface area (Å²) in [5.41, 5.74) is 11.3. The Morgan fingerprint density at radius 3 is 1.84 bits per heavy atom. The maximum Gasteiger partial charge on any atom is 0.159 e. The van der Waals surface area contributed by atoms with Crippen LogP contribution in [0, 0.1) is 0 Å². The molecule has 0 spiro atoms. The van der Waals surface area contributed by atoms with Gasteiger partial charge in [-0.05, 0) is 60.2 Å². The van der Waals surface area contributed by atoms with E-state index >= 15 is 0 Å². The van der Waals surface area contributed by atoms with Gasteiger partial charge in [0.1, 0.15) is 17.6 Å². The molecule has 0 fully saturated rings. The summed E-state index contributed by atoms with van der Waals surface area (Å²) in [7, 11) is 0. The van der Waals surface area contributed by atoms with Crippen LogP contribution in [0.25, 0.3) is 76.9 Å². The largest absolute Gasteiger partial charge is 0.454 e. The van der Waals surface area contributed by atoms with Gasteiger partial charge in [0, 0.05) is 49.1 Å². The highest BCUT2D eigenvalue weighted by Gasteiger charge is 2.24. The first-order valence-electron chi connectivity index (χ1n) is 19.3. The van der Waals surface area contributed by atoms with Gasteiger partial charge >= 0.3 is 0 Å². The van der Waals surface area contributed by atoms with Crippen molar-refractivity contribution in [1.82, 2.24) is 14.5 Å². The molecule has 0 radical (unpaired) electrons. The van der Waals surface area contributed by atoms with E-state index in [0.717, 1.165) is 72.4 Å². The normalized spacial score (nSPS) is 14.5. The molecule has 8 aromatic carbocycles. The third-order valence-corrected chi connectivity index (χ3v) is 11.4. The summed E-state index contributed by atoms with van der Waals surface area (Å²) in [4.78, 5) is 10.1. The lowest BCUT2D eigenvalue weighted by molar-refractivity contribution is 0.664. The lowest BCUT2D eigenvalue weighted by Gasteiger charge is -2.23. The van der Waals surface area contributed by atoms with Crippen molar-refractivity contribution < 1.29 is 4.42 Å². The molecular formula is C51H33N5O. The van der Waals surface area contributed by atoms with Crippen molar-refractivity contribution in [2.45, 2.75) is 6.17 Å². The minimum absolute atomic E-state index is 0.283. The number of aromatic nitrogens is 2. The number of hydrogen-bond acceptors (Lipinski definition) is 4. The maximum atomic E-state index is 6.95. The second-order valence-corrected chi connectivity index (χ2v) is 14.6. The van der Waals surface area contributed by atoms with E-state index in [4.69, 9.17) is 14.4 Å². The molecule has 1 aliphatic rings. The van der Waals surface area contributed by atoms with Gasteiger partial charge < -0.3 is 18.9 Å². The molecule has 11 aromatic rings. The predicted octanol–water partition coefficient (Wildman–Crippen LogP) is 12.3. The molecule has 6 heteroatoms. The Morgan fingerprint density at radius 1 is 0.456 bits per heavy atom. The molecule has 1 unspecified atom stereocenters. The van der Waals surface area contributed by atoms with E-state index in [-0.39, 0.29) is 6.17 Å². The Morgan fingerprint density at radius 2 is 1.09 bits per heavy atom. The highest BCUT2D eigenvalue weighted by atomic mass is 16.3. The van der Waals surface area contributed by atoms with Gasteiger partial charge in [-0.1, -0.05) is 133 Å². The third-order valence-electron chi connectivity index (χ3n) is 11.4. The summed E-state index contributed by atoms with van der Waals surface area (Å²) in [5.74, 6) is 1.44. The molecular weight excluding hydrogens is 699 g/mol. The van der Waals surface area contributed by atoms with Gasteiger partial charge in [0.05, 0.1) is 27.8 Å². The van der Waals surface area contributed by atoms with Crippen LogP contribution in [0.3, 0.4) is 0 Å². The van der Waals surface area contributed by atoms with Crippen LogP contribution in [0.5, 0.6) is 0 Å². The molecule has 1 aliphatic heterocycles. The Balaban J connectivity index is 1.06. The van der Waals surface area contributed by atoms with E-state index < -0.39 is 0 Å². The first-order valence-corrected chi connectivity index (χ1v) is 19.3. The average molecular weight is 732 g/mol. The van der Waals surface area contributed by atoms with Crippen molar-refractivity contribution in [2.75, 3.05) is 0 Å². The maximum absolute atomic E-state index is 6.95. The van der Waals surface area contributed by atoms with E-state index in [2.05, 4.69) is 166 Å². The number of nitrogens with zero attached hydrogens (tertiary/aromatic N) is 4. The standard InChI is InChI=1S/C51H33N5O/c1-4-15-32(16-5-1)49-52-50(33-17-6-2-7-18-33)54-51(53-49)34-27-28-38-39-23-14-26-44(48(39)57-47(38)29-34)56-43-25-13-11-22-37(43)41-30-40-36-21-10-12-24-42(36)55(45(40)31-46(41)56)35-19-8-3-9-20-35/h1-31,49H,(H,52,53,54). The summed E-state index contributed by atoms with van der Waals surface area (Å²) in [6.07, 6.45) is -0.283. The molecule has 0 aliphatic carbocycles. The third kappa shape index (κ3) is 4.90. The molecule has 1 N–H and O–H groups in total. The number of para-hydroxylation sites is 4. The number of benzene rings is 8. The molecule has 3 aromatic heterocycles. The summed E-state index contributed by atoms with van der Waals surface area (Å²) < 4.78 is 11.7.